The largest absolute Gasteiger partial charge is 0.367 e. The summed E-state index contributed by atoms with van der Waals surface area (Å²) in [5.41, 5.74) is 5.84. The van der Waals surface area contributed by atoms with Gasteiger partial charge in [-0.1, -0.05) is 6.92 Å². The molecule has 2 N–H and O–H groups in total. The van der Waals surface area contributed by atoms with Crippen LogP contribution in [0.3, 0.4) is 0 Å². The molecule has 2 nitrogen and oxygen atoms in total. The molecule has 1 aromatic rings. The fraction of sp³-hybridized carbons (Fsp3) is 0.500. The molecule has 0 fully saturated rings. The van der Waals surface area contributed by atoms with E-state index < -0.39 is 11.6 Å². The highest BCUT2D eigenvalue weighted by Crippen LogP contribution is 2.26. The standard InChI is InChI=1S/C12H18F2N2/c1-4-8(2)16(3)12-10(13)5-9(7-15)6-11(12)14/h5-6,8H,4,7,15H2,1-3H3. The maximum absolute atomic E-state index is 13.7. The van der Waals surface area contributed by atoms with Crippen molar-refractivity contribution < 1.29 is 8.78 Å². The summed E-state index contributed by atoms with van der Waals surface area (Å²) in [7, 11) is 1.69. The van der Waals surface area contributed by atoms with Crippen LogP contribution < -0.4 is 10.6 Å². The van der Waals surface area contributed by atoms with Crippen molar-refractivity contribution in [2.24, 2.45) is 5.73 Å². The van der Waals surface area contributed by atoms with Crippen molar-refractivity contribution in [3.63, 3.8) is 0 Å². The number of nitrogens with two attached hydrogens (primary N) is 1. The molecule has 0 saturated carbocycles. The summed E-state index contributed by atoms with van der Waals surface area (Å²) in [5.74, 6) is -1.11. The van der Waals surface area contributed by atoms with Crippen molar-refractivity contribution in [1.82, 2.24) is 0 Å². The number of nitrogens with zero attached hydrogens (tertiary/aromatic N) is 1. The second-order valence-corrected chi connectivity index (χ2v) is 3.98. The molecular weight excluding hydrogens is 210 g/mol. The molecule has 0 heterocycles. The zero-order valence-corrected chi connectivity index (χ0v) is 9.93. The number of hydrogen-bond donors (Lipinski definition) is 1. The molecule has 1 rings (SSSR count). The number of rotatable bonds is 4. The second-order valence-electron chi connectivity index (χ2n) is 3.98. The van der Waals surface area contributed by atoms with Gasteiger partial charge in [-0.25, -0.2) is 8.78 Å². The highest BCUT2D eigenvalue weighted by atomic mass is 19.1. The van der Waals surface area contributed by atoms with Gasteiger partial charge >= 0.3 is 0 Å². The third-order valence-corrected chi connectivity index (χ3v) is 2.92. The van der Waals surface area contributed by atoms with Gasteiger partial charge in [-0.15, -0.1) is 0 Å². The van der Waals surface area contributed by atoms with Gasteiger partial charge < -0.3 is 10.6 Å². The van der Waals surface area contributed by atoms with E-state index in [4.69, 9.17) is 5.73 Å². The Labute approximate surface area is 95.1 Å². The Morgan fingerprint density at radius 2 is 1.81 bits per heavy atom. The van der Waals surface area contributed by atoms with Crippen molar-refractivity contribution >= 4 is 5.69 Å². The lowest BCUT2D eigenvalue weighted by Crippen LogP contribution is -2.29. The predicted octanol–water partition coefficient (Wildman–Crippen LogP) is 2.66. The van der Waals surface area contributed by atoms with Crippen molar-refractivity contribution in [2.45, 2.75) is 32.9 Å². The lowest BCUT2D eigenvalue weighted by Gasteiger charge is -2.27. The van der Waals surface area contributed by atoms with Crippen LogP contribution in [0.15, 0.2) is 12.1 Å². The van der Waals surface area contributed by atoms with Gasteiger partial charge in [0.05, 0.1) is 0 Å². The maximum atomic E-state index is 13.7. The number of benzene rings is 1. The van der Waals surface area contributed by atoms with Crippen molar-refractivity contribution in [1.29, 1.82) is 0 Å². The third kappa shape index (κ3) is 2.50. The van der Waals surface area contributed by atoms with Gasteiger partial charge in [0.15, 0.2) is 0 Å². The minimum absolute atomic E-state index is 0.0200. The first-order chi connectivity index (χ1) is 7.51. The summed E-state index contributed by atoms with van der Waals surface area (Å²) in [6.45, 7) is 4.04. The summed E-state index contributed by atoms with van der Waals surface area (Å²) < 4.78 is 27.4. The highest BCUT2D eigenvalue weighted by molar-refractivity contribution is 5.50. The Balaban J connectivity index is 3.14. The summed E-state index contributed by atoms with van der Waals surface area (Å²) in [6, 6.07) is 2.67. The van der Waals surface area contributed by atoms with Crippen LogP contribution in [0.1, 0.15) is 25.8 Å². The summed E-state index contributed by atoms with van der Waals surface area (Å²) in [4.78, 5) is 1.62. The smallest absolute Gasteiger partial charge is 0.149 e. The normalized spacial score (nSPS) is 12.6. The van der Waals surface area contributed by atoms with Crippen molar-refractivity contribution in [3.8, 4) is 0 Å². The fourth-order valence-electron chi connectivity index (χ4n) is 1.57. The first-order valence-electron chi connectivity index (χ1n) is 5.42. The van der Waals surface area contributed by atoms with E-state index in [0.717, 1.165) is 6.42 Å². The van der Waals surface area contributed by atoms with Crippen LogP contribution in [-0.4, -0.2) is 13.1 Å². The van der Waals surface area contributed by atoms with E-state index >= 15 is 0 Å². The van der Waals surface area contributed by atoms with Gasteiger partial charge in [-0.05, 0) is 31.0 Å². The topological polar surface area (TPSA) is 29.3 Å². The van der Waals surface area contributed by atoms with E-state index in [1.807, 2.05) is 13.8 Å². The minimum Gasteiger partial charge on any atom is -0.367 e. The molecule has 0 aromatic heterocycles. The molecule has 0 radical (unpaired) electrons. The Kier molecular flexibility index (Phi) is 4.24. The Hall–Kier alpha value is -1.16. The zero-order chi connectivity index (χ0) is 12.3. The predicted molar refractivity (Wildman–Crippen MR) is 62.4 cm³/mol. The molecule has 0 spiro atoms. The van der Waals surface area contributed by atoms with Crippen LogP contribution in [0.4, 0.5) is 14.5 Å². The van der Waals surface area contributed by atoms with E-state index in [-0.39, 0.29) is 18.3 Å². The highest BCUT2D eigenvalue weighted by Gasteiger charge is 2.18. The quantitative estimate of drug-likeness (QED) is 0.858. The van der Waals surface area contributed by atoms with Crippen LogP contribution >= 0.6 is 0 Å². The molecule has 1 unspecified atom stereocenters. The van der Waals surface area contributed by atoms with Gasteiger partial charge in [-0.2, -0.15) is 0 Å². The molecular formula is C12H18F2N2. The first-order valence-corrected chi connectivity index (χ1v) is 5.42. The van der Waals surface area contributed by atoms with Gasteiger partial charge in [-0.3, -0.25) is 0 Å². The molecule has 1 aromatic carbocycles. The summed E-state index contributed by atoms with van der Waals surface area (Å²) in [6.07, 6.45) is 0.827. The Morgan fingerprint density at radius 3 is 2.19 bits per heavy atom. The molecule has 0 aliphatic carbocycles. The molecule has 0 aliphatic heterocycles. The minimum atomic E-state index is -0.553. The van der Waals surface area contributed by atoms with E-state index in [2.05, 4.69) is 0 Å². The number of anilines is 1. The molecule has 16 heavy (non-hydrogen) atoms. The van der Waals surface area contributed by atoms with Gasteiger partial charge in [0.1, 0.15) is 17.3 Å². The lowest BCUT2D eigenvalue weighted by molar-refractivity contribution is 0.554. The molecule has 4 heteroatoms. The van der Waals surface area contributed by atoms with Crippen LogP contribution in [0, 0.1) is 11.6 Å². The van der Waals surface area contributed by atoms with E-state index in [9.17, 15) is 8.78 Å². The lowest BCUT2D eigenvalue weighted by atomic mass is 10.1. The fourth-order valence-corrected chi connectivity index (χ4v) is 1.57. The monoisotopic (exact) mass is 228 g/mol. The average Bonchev–Trinajstić information content (AvgIpc) is 2.26. The van der Waals surface area contributed by atoms with Gasteiger partial charge in [0.2, 0.25) is 0 Å². The van der Waals surface area contributed by atoms with Crippen LogP contribution in [-0.2, 0) is 6.54 Å². The van der Waals surface area contributed by atoms with Crippen molar-refractivity contribution in [3.05, 3.63) is 29.3 Å². The zero-order valence-electron chi connectivity index (χ0n) is 9.93. The number of halogens is 2. The molecule has 0 saturated heterocycles. The molecule has 0 amide bonds. The SMILES string of the molecule is CCC(C)N(C)c1c(F)cc(CN)cc1F. The van der Waals surface area contributed by atoms with Crippen molar-refractivity contribution in [2.75, 3.05) is 11.9 Å². The van der Waals surface area contributed by atoms with Gasteiger partial charge in [0, 0.05) is 19.6 Å². The molecule has 0 bridgehead atoms. The van der Waals surface area contributed by atoms with Crippen LogP contribution in [0.25, 0.3) is 0 Å². The number of hydrogen-bond acceptors (Lipinski definition) is 2. The average molecular weight is 228 g/mol. The maximum Gasteiger partial charge on any atom is 0.149 e. The summed E-state index contributed by atoms with van der Waals surface area (Å²) >= 11 is 0. The molecule has 1 atom stereocenters. The third-order valence-electron chi connectivity index (χ3n) is 2.92. The second kappa shape index (κ2) is 5.25. The van der Waals surface area contributed by atoms with E-state index in [1.165, 1.54) is 12.1 Å². The molecule has 90 valence electrons. The summed E-state index contributed by atoms with van der Waals surface area (Å²) in [5, 5.41) is 0. The molecule has 0 aliphatic rings. The van der Waals surface area contributed by atoms with Crippen LogP contribution in [0.2, 0.25) is 0 Å². The Morgan fingerprint density at radius 1 is 1.31 bits per heavy atom. The van der Waals surface area contributed by atoms with Gasteiger partial charge in [0.25, 0.3) is 0 Å². The van der Waals surface area contributed by atoms with E-state index in [1.54, 1.807) is 11.9 Å². The van der Waals surface area contributed by atoms with Crippen LogP contribution in [0.5, 0.6) is 0 Å². The first kappa shape index (κ1) is 12.9. The Bertz CT molecular complexity index is 343. The van der Waals surface area contributed by atoms with E-state index in [0.29, 0.717) is 5.56 Å².